The van der Waals surface area contributed by atoms with Gasteiger partial charge in [0.2, 0.25) is 0 Å². The van der Waals surface area contributed by atoms with Gasteiger partial charge in [-0.25, -0.2) is 0 Å². The van der Waals surface area contributed by atoms with Gasteiger partial charge in [0.05, 0.1) is 7.11 Å². The molecule has 2 heteroatoms. The molecule has 0 aliphatic carbocycles. The second-order valence-electron chi connectivity index (χ2n) is 2.99. The Morgan fingerprint density at radius 2 is 1.80 bits per heavy atom. The smallest absolute Gasteiger partial charge is 0.169 e. The summed E-state index contributed by atoms with van der Waals surface area (Å²) >= 11 is 0. The minimum absolute atomic E-state index is 0.672. The minimum Gasteiger partial charge on any atom is -0.493 e. The molecule has 0 fully saturated rings. The zero-order valence-corrected chi connectivity index (χ0v) is 8.44. The number of para-hydroxylation sites is 1. The summed E-state index contributed by atoms with van der Waals surface area (Å²) in [6.07, 6.45) is 0. The summed E-state index contributed by atoms with van der Waals surface area (Å²) < 4.78 is 10.8. The van der Waals surface area contributed by atoms with Crippen LogP contribution in [0.1, 0.15) is 0 Å². The lowest BCUT2D eigenvalue weighted by Crippen LogP contribution is -1.89. The van der Waals surface area contributed by atoms with Crippen LogP contribution in [0.5, 0.6) is 17.2 Å². The van der Waals surface area contributed by atoms with E-state index in [1.807, 2.05) is 36.4 Å². The van der Waals surface area contributed by atoms with E-state index in [2.05, 4.69) is 6.07 Å². The van der Waals surface area contributed by atoms with Crippen molar-refractivity contribution < 1.29 is 9.47 Å². The van der Waals surface area contributed by atoms with E-state index in [4.69, 9.17) is 9.47 Å². The summed E-state index contributed by atoms with van der Waals surface area (Å²) in [4.78, 5) is 0. The SMILES string of the molecule is COc1cc[c]cc1Oc1ccccc1. The summed E-state index contributed by atoms with van der Waals surface area (Å²) in [6, 6.07) is 17.9. The molecule has 2 aromatic carbocycles. The lowest BCUT2D eigenvalue weighted by atomic mass is 10.3. The van der Waals surface area contributed by atoms with Gasteiger partial charge in [-0.2, -0.15) is 0 Å². The van der Waals surface area contributed by atoms with Crippen LogP contribution in [0.4, 0.5) is 0 Å². The molecular weight excluding hydrogens is 188 g/mol. The van der Waals surface area contributed by atoms with Crippen molar-refractivity contribution in [3.8, 4) is 17.2 Å². The van der Waals surface area contributed by atoms with Crippen molar-refractivity contribution in [2.75, 3.05) is 7.11 Å². The van der Waals surface area contributed by atoms with E-state index in [0.29, 0.717) is 11.5 Å². The summed E-state index contributed by atoms with van der Waals surface area (Å²) in [7, 11) is 1.62. The van der Waals surface area contributed by atoms with E-state index in [9.17, 15) is 0 Å². The first kappa shape index (κ1) is 9.59. The van der Waals surface area contributed by atoms with Crippen molar-refractivity contribution in [3.63, 3.8) is 0 Å². The van der Waals surface area contributed by atoms with Crippen molar-refractivity contribution in [2.45, 2.75) is 0 Å². The van der Waals surface area contributed by atoms with E-state index < -0.39 is 0 Å². The van der Waals surface area contributed by atoms with Crippen molar-refractivity contribution in [2.24, 2.45) is 0 Å². The maximum absolute atomic E-state index is 5.64. The molecule has 0 N–H and O–H groups in total. The Kier molecular flexibility index (Phi) is 2.88. The van der Waals surface area contributed by atoms with Crippen LogP contribution in [0.2, 0.25) is 0 Å². The van der Waals surface area contributed by atoms with Gasteiger partial charge in [0, 0.05) is 0 Å². The van der Waals surface area contributed by atoms with E-state index in [-0.39, 0.29) is 0 Å². The molecule has 1 radical (unpaired) electrons. The summed E-state index contributed by atoms with van der Waals surface area (Å²) in [5, 5.41) is 0. The average Bonchev–Trinajstić information content (AvgIpc) is 2.31. The van der Waals surface area contributed by atoms with Gasteiger partial charge in [0.25, 0.3) is 0 Å². The highest BCUT2D eigenvalue weighted by Crippen LogP contribution is 2.30. The molecule has 0 spiro atoms. The van der Waals surface area contributed by atoms with Crippen LogP contribution in [-0.4, -0.2) is 7.11 Å². The van der Waals surface area contributed by atoms with Crippen molar-refractivity contribution in [1.82, 2.24) is 0 Å². The Morgan fingerprint density at radius 1 is 1.00 bits per heavy atom. The van der Waals surface area contributed by atoms with E-state index in [0.717, 1.165) is 5.75 Å². The molecule has 0 aliphatic rings. The molecule has 2 nitrogen and oxygen atoms in total. The predicted molar refractivity (Wildman–Crippen MR) is 58.3 cm³/mol. The third-order valence-electron chi connectivity index (χ3n) is 1.98. The molecule has 0 unspecified atom stereocenters. The molecule has 2 rings (SSSR count). The largest absolute Gasteiger partial charge is 0.493 e. The van der Waals surface area contributed by atoms with E-state index in [1.165, 1.54) is 0 Å². The fourth-order valence-corrected chi connectivity index (χ4v) is 1.26. The molecule has 0 amide bonds. The molecule has 0 bridgehead atoms. The lowest BCUT2D eigenvalue weighted by Gasteiger charge is -2.09. The van der Waals surface area contributed by atoms with Gasteiger partial charge in [-0.1, -0.05) is 24.3 Å². The molecule has 0 atom stereocenters. The van der Waals surface area contributed by atoms with Crippen molar-refractivity contribution in [3.05, 3.63) is 54.6 Å². The zero-order valence-electron chi connectivity index (χ0n) is 8.44. The van der Waals surface area contributed by atoms with Gasteiger partial charge in [0.1, 0.15) is 5.75 Å². The number of hydrogen-bond acceptors (Lipinski definition) is 2. The van der Waals surface area contributed by atoms with Crippen LogP contribution in [0, 0.1) is 6.07 Å². The Morgan fingerprint density at radius 3 is 2.53 bits per heavy atom. The fraction of sp³-hybridized carbons (Fsp3) is 0.0769. The molecule has 2 aromatic rings. The predicted octanol–water partition coefficient (Wildman–Crippen LogP) is 3.29. The second kappa shape index (κ2) is 4.51. The highest BCUT2D eigenvalue weighted by atomic mass is 16.5. The van der Waals surface area contributed by atoms with Gasteiger partial charge in [-0.05, 0) is 30.3 Å². The maximum atomic E-state index is 5.64. The average molecular weight is 199 g/mol. The van der Waals surface area contributed by atoms with Gasteiger partial charge in [0.15, 0.2) is 11.5 Å². The standard InChI is InChI=1S/C13H11O2/c1-14-12-9-5-6-10-13(12)15-11-7-3-2-4-8-11/h2-5,7-10H,1H3. The number of methoxy groups -OCH3 is 1. The Hall–Kier alpha value is -1.96. The molecular formula is C13H11O2. The first-order chi connectivity index (χ1) is 7.40. The van der Waals surface area contributed by atoms with Gasteiger partial charge in [-0.3, -0.25) is 0 Å². The highest BCUT2D eigenvalue weighted by Gasteiger charge is 2.02. The Bertz CT molecular complexity index is 424. The third-order valence-corrected chi connectivity index (χ3v) is 1.98. The van der Waals surface area contributed by atoms with Crippen molar-refractivity contribution in [1.29, 1.82) is 0 Å². The van der Waals surface area contributed by atoms with Crippen LogP contribution < -0.4 is 9.47 Å². The first-order valence-electron chi connectivity index (χ1n) is 4.67. The van der Waals surface area contributed by atoms with Gasteiger partial charge < -0.3 is 9.47 Å². The van der Waals surface area contributed by atoms with Crippen LogP contribution in [0.15, 0.2) is 48.5 Å². The number of hydrogen-bond donors (Lipinski definition) is 0. The third kappa shape index (κ3) is 2.29. The molecule has 0 saturated heterocycles. The molecule has 0 aliphatic heterocycles. The Labute approximate surface area is 89.1 Å². The van der Waals surface area contributed by atoms with E-state index >= 15 is 0 Å². The molecule has 0 saturated carbocycles. The first-order valence-corrected chi connectivity index (χ1v) is 4.67. The number of ether oxygens (including phenoxy) is 2. The summed E-state index contributed by atoms with van der Waals surface area (Å²) in [6.45, 7) is 0. The Balaban J connectivity index is 2.24. The summed E-state index contributed by atoms with van der Waals surface area (Å²) in [5.74, 6) is 2.17. The molecule has 0 heterocycles. The maximum Gasteiger partial charge on any atom is 0.169 e. The van der Waals surface area contributed by atoms with Gasteiger partial charge in [-0.15, -0.1) is 0 Å². The van der Waals surface area contributed by atoms with Crippen LogP contribution in [-0.2, 0) is 0 Å². The monoisotopic (exact) mass is 199 g/mol. The van der Waals surface area contributed by atoms with Crippen molar-refractivity contribution >= 4 is 0 Å². The van der Waals surface area contributed by atoms with Crippen LogP contribution in [0.3, 0.4) is 0 Å². The van der Waals surface area contributed by atoms with Crippen LogP contribution >= 0.6 is 0 Å². The van der Waals surface area contributed by atoms with Crippen LogP contribution in [0.25, 0.3) is 0 Å². The fourth-order valence-electron chi connectivity index (χ4n) is 1.26. The summed E-state index contributed by atoms with van der Waals surface area (Å²) in [5.41, 5.74) is 0. The highest BCUT2D eigenvalue weighted by molar-refractivity contribution is 5.42. The van der Waals surface area contributed by atoms with Gasteiger partial charge >= 0.3 is 0 Å². The normalized spacial score (nSPS) is 9.67. The number of rotatable bonds is 3. The molecule has 75 valence electrons. The number of benzene rings is 2. The molecule has 15 heavy (non-hydrogen) atoms. The quantitative estimate of drug-likeness (QED) is 0.755. The van der Waals surface area contributed by atoms with E-state index in [1.54, 1.807) is 19.2 Å². The topological polar surface area (TPSA) is 18.5 Å². The second-order valence-corrected chi connectivity index (χ2v) is 2.99. The zero-order chi connectivity index (χ0) is 10.5. The lowest BCUT2D eigenvalue weighted by molar-refractivity contribution is 0.379. The molecule has 0 aromatic heterocycles. The minimum atomic E-state index is 0.672.